The molecule has 5 N–H and O–H groups in total. The van der Waals surface area contributed by atoms with Crippen molar-refractivity contribution in [3.63, 3.8) is 0 Å². The van der Waals surface area contributed by atoms with Crippen LogP contribution in [0.4, 0.5) is 0 Å². The monoisotopic (exact) mass is 191 g/mol. The number of nitrogens with two attached hydrogens (primary N) is 2. The number of likely N-dealkylation sites (N-methyl/N-ethyl adjacent to an activating group) is 1. The number of nitrogens with one attached hydrogen (secondary N) is 1. The second-order valence-corrected chi connectivity index (χ2v) is 2.53. The van der Waals surface area contributed by atoms with E-state index in [1.807, 2.05) is 20.8 Å². The molecule has 0 aliphatic rings. The first-order chi connectivity index (χ1) is 6.18. The lowest BCUT2D eigenvalue weighted by molar-refractivity contribution is 0.715. The summed E-state index contributed by atoms with van der Waals surface area (Å²) in [5, 5.41) is 3.07. The van der Waals surface area contributed by atoms with Gasteiger partial charge in [0.05, 0.1) is 0 Å². The lowest BCUT2D eigenvalue weighted by Crippen LogP contribution is -2.21. The van der Waals surface area contributed by atoms with Crippen LogP contribution in [0.3, 0.4) is 0 Å². The van der Waals surface area contributed by atoms with Gasteiger partial charge in [-0.2, -0.15) is 0 Å². The van der Waals surface area contributed by atoms with Gasteiger partial charge in [-0.3, -0.25) is 0 Å². The summed E-state index contributed by atoms with van der Waals surface area (Å²) in [4.78, 5) is 0. The topological polar surface area (TPSA) is 64.1 Å². The molecule has 1 unspecified atom stereocenters. The molecule has 0 radical (unpaired) electrons. The Kier molecular flexibility index (Phi) is 32.4. The standard InChI is InChI=1S/C4H12N2.C4H11N.C2H6/c1-2-6-4-3-5;1-3-4(2)5;1-2/h6H,2-5H2,1H3;4H,3,5H2,1-2H3;1-2H3. The Labute approximate surface area is 84.3 Å². The molecule has 0 saturated heterocycles. The molecule has 0 rings (SSSR count). The van der Waals surface area contributed by atoms with Crippen LogP contribution in [-0.4, -0.2) is 25.7 Å². The average Bonchev–Trinajstić information content (AvgIpc) is 2.18. The van der Waals surface area contributed by atoms with Gasteiger partial charge in [-0.25, -0.2) is 0 Å². The second-order valence-electron chi connectivity index (χ2n) is 2.53. The average molecular weight is 191 g/mol. The molecule has 0 aliphatic carbocycles. The smallest absolute Gasteiger partial charge is 0.00743 e. The zero-order chi connectivity index (χ0) is 11.1. The van der Waals surface area contributed by atoms with Crippen molar-refractivity contribution in [2.24, 2.45) is 11.5 Å². The van der Waals surface area contributed by atoms with Crippen molar-refractivity contribution in [1.82, 2.24) is 5.32 Å². The highest BCUT2D eigenvalue weighted by atomic mass is 14.9. The molecule has 0 spiro atoms. The highest BCUT2D eigenvalue weighted by molar-refractivity contribution is 4.43. The zero-order valence-electron chi connectivity index (χ0n) is 10.1. The maximum atomic E-state index is 5.29. The van der Waals surface area contributed by atoms with Crippen LogP contribution in [0, 0.1) is 0 Å². The molecule has 0 amide bonds. The van der Waals surface area contributed by atoms with Crippen LogP contribution < -0.4 is 16.8 Å². The van der Waals surface area contributed by atoms with Crippen LogP contribution in [0.2, 0.25) is 0 Å². The maximum absolute atomic E-state index is 5.29. The van der Waals surface area contributed by atoms with Gasteiger partial charge in [0, 0.05) is 19.1 Å². The van der Waals surface area contributed by atoms with Gasteiger partial charge in [0.1, 0.15) is 0 Å². The molecular formula is C10H29N3. The summed E-state index contributed by atoms with van der Waals surface area (Å²) in [5.41, 5.74) is 10.4. The van der Waals surface area contributed by atoms with E-state index in [1.165, 1.54) is 0 Å². The van der Waals surface area contributed by atoms with Gasteiger partial charge in [-0.1, -0.05) is 27.7 Å². The van der Waals surface area contributed by atoms with Crippen LogP contribution in [0.25, 0.3) is 0 Å². The van der Waals surface area contributed by atoms with Gasteiger partial charge in [0.25, 0.3) is 0 Å². The van der Waals surface area contributed by atoms with E-state index in [1.54, 1.807) is 0 Å². The number of rotatable bonds is 4. The molecule has 0 aromatic carbocycles. The first-order valence-electron chi connectivity index (χ1n) is 5.35. The van der Waals surface area contributed by atoms with E-state index in [-0.39, 0.29) is 0 Å². The zero-order valence-corrected chi connectivity index (χ0v) is 10.1. The Morgan fingerprint density at radius 1 is 1.23 bits per heavy atom. The lowest BCUT2D eigenvalue weighted by atomic mass is 10.3. The van der Waals surface area contributed by atoms with Crippen LogP contribution >= 0.6 is 0 Å². The van der Waals surface area contributed by atoms with E-state index in [0.29, 0.717) is 6.04 Å². The molecule has 0 saturated carbocycles. The van der Waals surface area contributed by atoms with Gasteiger partial charge in [-0.05, 0) is 19.9 Å². The van der Waals surface area contributed by atoms with Crippen LogP contribution in [0.15, 0.2) is 0 Å². The molecular weight excluding hydrogens is 162 g/mol. The molecule has 0 aromatic heterocycles. The summed E-state index contributed by atoms with van der Waals surface area (Å²) in [6, 6.07) is 0.384. The van der Waals surface area contributed by atoms with Crippen LogP contribution in [-0.2, 0) is 0 Å². The predicted molar refractivity (Wildman–Crippen MR) is 62.9 cm³/mol. The van der Waals surface area contributed by atoms with Crippen molar-refractivity contribution in [3.8, 4) is 0 Å². The van der Waals surface area contributed by atoms with E-state index in [4.69, 9.17) is 11.5 Å². The van der Waals surface area contributed by atoms with Crippen molar-refractivity contribution >= 4 is 0 Å². The Balaban J connectivity index is -0.000000131. The summed E-state index contributed by atoms with van der Waals surface area (Å²) in [6.07, 6.45) is 1.08. The molecule has 0 heterocycles. The molecule has 0 bridgehead atoms. The summed E-state index contributed by atoms with van der Waals surface area (Å²) < 4.78 is 0. The normalized spacial score (nSPS) is 10.4. The predicted octanol–water partition coefficient (Wildman–Crippen LogP) is 1.32. The van der Waals surface area contributed by atoms with E-state index in [9.17, 15) is 0 Å². The molecule has 0 fully saturated rings. The third-order valence-corrected chi connectivity index (χ3v) is 1.22. The minimum absolute atomic E-state index is 0.384. The minimum atomic E-state index is 0.384. The Hall–Kier alpha value is -0.120. The first kappa shape index (κ1) is 18.6. The quantitative estimate of drug-likeness (QED) is 0.587. The third-order valence-electron chi connectivity index (χ3n) is 1.22. The molecule has 84 valence electrons. The molecule has 3 heteroatoms. The van der Waals surface area contributed by atoms with Crippen molar-refractivity contribution in [2.75, 3.05) is 19.6 Å². The fraction of sp³-hybridized carbons (Fsp3) is 1.00. The number of hydrogen-bond acceptors (Lipinski definition) is 3. The Morgan fingerprint density at radius 2 is 1.62 bits per heavy atom. The molecule has 0 aliphatic heterocycles. The summed E-state index contributed by atoms with van der Waals surface area (Å²) in [6.45, 7) is 12.8. The fourth-order valence-corrected chi connectivity index (χ4v) is 0.279. The molecule has 0 aromatic rings. The lowest BCUT2D eigenvalue weighted by Gasteiger charge is -1.92. The molecule has 3 nitrogen and oxygen atoms in total. The third kappa shape index (κ3) is 48.7. The number of hydrogen-bond donors (Lipinski definition) is 3. The van der Waals surface area contributed by atoms with Crippen LogP contribution in [0.1, 0.15) is 41.0 Å². The van der Waals surface area contributed by atoms with Gasteiger partial charge in [0.15, 0.2) is 0 Å². The Morgan fingerprint density at radius 3 is 1.69 bits per heavy atom. The van der Waals surface area contributed by atoms with Crippen molar-refractivity contribution < 1.29 is 0 Å². The largest absolute Gasteiger partial charge is 0.329 e. The second kappa shape index (κ2) is 22.6. The van der Waals surface area contributed by atoms with Gasteiger partial charge >= 0.3 is 0 Å². The van der Waals surface area contributed by atoms with Crippen molar-refractivity contribution in [2.45, 2.75) is 47.1 Å². The SMILES string of the molecule is CC.CCC(C)N.CCNCCN. The van der Waals surface area contributed by atoms with Gasteiger partial charge in [-0.15, -0.1) is 0 Å². The van der Waals surface area contributed by atoms with E-state index < -0.39 is 0 Å². The Bertz CT molecular complexity index is 52.1. The minimum Gasteiger partial charge on any atom is -0.329 e. The van der Waals surface area contributed by atoms with E-state index in [2.05, 4.69) is 19.2 Å². The molecule has 13 heavy (non-hydrogen) atoms. The maximum Gasteiger partial charge on any atom is 0.00743 e. The first-order valence-corrected chi connectivity index (χ1v) is 5.35. The van der Waals surface area contributed by atoms with E-state index in [0.717, 1.165) is 26.1 Å². The van der Waals surface area contributed by atoms with Gasteiger partial charge < -0.3 is 16.8 Å². The van der Waals surface area contributed by atoms with Crippen molar-refractivity contribution in [1.29, 1.82) is 0 Å². The molecule has 1 atom stereocenters. The summed E-state index contributed by atoms with van der Waals surface area (Å²) in [7, 11) is 0. The van der Waals surface area contributed by atoms with Gasteiger partial charge in [0.2, 0.25) is 0 Å². The van der Waals surface area contributed by atoms with Crippen molar-refractivity contribution in [3.05, 3.63) is 0 Å². The highest BCUT2D eigenvalue weighted by Crippen LogP contribution is 1.77. The van der Waals surface area contributed by atoms with Crippen LogP contribution in [0.5, 0.6) is 0 Å². The highest BCUT2D eigenvalue weighted by Gasteiger charge is 1.79. The van der Waals surface area contributed by atoms with E-state index >= 15 is 0 Å². The summed E-state index contributed by atoms with van der Waals surface area (Å²) >= 11 is 0. The fourth-order valence-electron chi connectivity index (χ4n) is 0.279. The summed E-state index contributed by atoms with van der Waals surface area (Å²) in [5.74, 6) is 0.